The van der Waals surface area contributed by atoms with Crippen molar-refractivity contribution >= 4 is 99.2 Å². The lowest BCUT2D eigenvalue weighted by molar-refractivity contribution is -0.146. The molecule has 1 aliphatic carbocycles. The zero-order chi connectivity index (χ0) is 87.3. The molecular weight excluding hydrogens is 1700 g/mol. The number of rotatable bonds is 21. The number of aromatic carboxylic acids is 3. The van der Waals surface area contributed by atoms with Crippen LogP contribution < -0.4 is 29.4 Å². The van der Waals surface area contributed by atoms with Crippen LogP contribution in [-0.4, -0.2) is 215 Å². The van der Waals surface area contributed by atoms with Gasteiger partial charge in [-0.1, -0.05) is 117 Å². The smallest absolute Gasteiger partial charge is 0.433 e. The minimum Gasteiger partial charge on any atom is -0.478 e. The van der Waals surface area contributed by atoms with E-state index in [1.807, 2.05) is 69.3 Å². The first kappa shape index (κ1) is 92.2. The van der Waals surface area contributed by atoms with Crippen LogP contribution in [0.15, 0.2) is 146 Å². The molecule has 3 aromatic heterocycles. The highest BCUT2D eigenvalue weighted by Gasteiger charge is 2.46. The lowest BCUT2D eigenvalue weighted by atomic mass is 9.99. The Morgan fingerprint density at radius 1 is 0.371 bits per heavy atom. The molecule has 6 saturated heterocycles. The summed E-state index contributed by atoms with van der Waals surface area (Å²) >= 11 is 19.2. The van der Waals surface area contributed by atoms with Gasteiger partial charge in [0.1, 0.15) is 16.7 Å². The minimum atomic E-state index is -4.84. The highest BCUT2D eigenvalue weighted by Crippen LogP contribution is 2.46. The predicted octanol–water partition coefficient (Wildman–Crippen LogP) is 19.8. The number of nitrogens with zero attached hydrogens (tertiary/aromatic N) is 15. The number of piperidine rings is 3. The lowest BCUT2D eigenvalue weighted by Gasteiger charge is -2.37. The minimum absolute atomic E-state index is 0. The van der Waals surface area contributed by atoms with Crippen LogP contribution in [-0.2, 0) is 18.5 Å². The molecule has 6 aromatic carbocycles. The third-order valence-corrected chi connectivity index (χ3v) is 24.9. The quantitative estimate of drug-likeness (QED) is 0.0574. The summed E-state index contributed by atoms with van der Waals surface area (Å²) < 4.78 is 128. The molecule has 124 heavy (non-hydrogen) atoms. The molecule has 1 saturated carbocycles. The van der Waals surface area contributed by atoms with Gasteiger partial charge in [-0.3, -0.25) is 28.7 Å². The summed E-state index contributed by atoms with van der Waals surface area (Å²) in [5, 5.41) is 41.2. The van der Waals surface area contributed by atoms with Gasteiger partial charge in [-0.25, -0.2) is 14.4 Å². The maximum atomic E-state index is 13.9. The molecule has 666 valence electrons. The Bertz CT molecular complexity index is 4650. The average Bonchev–Trinajstić information content (AvgIpc) is 1.51. The second-order valence-corrected chi connectivity index (χ2v) is 35.2. The molecule has 34 heteroatoms. The molecule has 16 rings (SSSR count). The van der Waals surface area contributed by atoms with Crippen LogP contribution in [0.25, 0.3) is 33.4 Å². The number of anilines is 6. The van der Waals surface area contributed by atoms with Crippen molar-refractivity contribution in [3.8, 4) is 33.4 Å². The number of hydrogen-bond donors (Lipinski definition) is 3. The normalized spacial score (nSPS) is 19.2. The van der Waals surface area contributed by atoms with Crippen LogP contribution in [0.1, 0.15) is 145 Å². The van der Waals surface area contributed by atoms with E-state index in [4.69, 9.17) is 34.8 Å². The molecule has 21 nitrogen and oxygen atoms in total. The molecule has 0 bridgehead atoms. The van der Waals surface area contributed by atoms with Crippen LogP contribution in [0.2, 0.25) is 15.1 Å². The molecule has 6 aliphatic heterocycles. The molecule has 7 fully saturated rings. The number of carbonyl (C=O) groups is 3. The molecule has 0 spiro atoms. The second kappa shape index (κ2) is 39.6. The van der Waals surface area contributed by atoms with Crippen molar-refractivity contribution in [2.75, 3.05) is 167 Å². The summed E-state index contributed by atoms with van der Waals surface area (Å²) in [7, 11) is 0. The highest BCUT2D eigenvalue weighted by atomic mass is 35.5. The zero-order valence-corrected chi connectivity index (χ0v) is 72.6. The Hall–Kier alpha value is -9.43. The number of aromatic nitrogens is 6. The fourth-order valence-corrected chi connectivity index (χ4v) is 18.7. The Kier molecular flexibility index (Phi) is 29.5. The maximum absolute atomic E-state index is 13.9. The number of carboxylic acid groups (broad SMARTS) is 3. The summed E-state index contributed by atoms with van der Waals surface area (Å²) in [6.07, 6.45) is -6.15. The Balaban J connectivity index is 0.000000159. The Morgan fingerprint density at radius 3 is 0.879 bits per heavy atom. The van der Waals surface area contributed by atoms with E-state index in [0.717, 1.165) is 181 Å². The van der Waals surface area contributed by atoms with Crippen LogP contribution in [0.3, 0.4) is 0 Å². The third kappa shape index (κ3) is 22.1. The summed E-state index contributed by atoms with van der Waals surface area (Å²) in [5.74, 6) is -2.73. The summed E-state index contributed by atoms with van der Waals surface area (Å²) in [5.41, 5.74) is 5.65. The highest BCUT2D eigenvalue weighted by molar-refractivity contribution is 6.31. The van der Waals surface area contributed by atoms with Gasteiger partial charge in [-0.05, 0) is 159 Å². The Morgan fingerprint density at radius 2 is 0.637 bits per heavy atom. The largest absolute Gasteiger partial charge is 0.478 e. The van der Waals surface area contributed by atoms with Crippen molar-refractivity contribution in [2.45, 2.75) is 116 Å². The van der Waals surface area contributed by atoms with E-state index >= 15 is 0 Å². The molecule has 0 radical (unpaired) electrons. The maximum Gasteiger partial charge on any atom is 0.433 e. The number of alkyl halides is 9. The second-order valence-electron chi connectivity index (χ2n) is 33.9. The predicted molar refractivity (Wildman–Crippen MR) is 470 cm³/mol. The van der Waals surface area contributed by atoms with Gasteiger partial charge >= 0.3 is 36.4 Å². The van der Waals surface area contributed by atoms with Gasteiger partial charge in [0, 0.05) is 203 Å². The van der Waals surface area contributed by atoms with Gasteiger partial charge in [0.15, 0.2) is 17.1 Å². The molecule has 9 heterocycles. The Labute approximate surface area is 736 Å². The van der Waals surface area contributed by atoms with Crippen molar-refractivity contribution in [3.05, 3.63) is 195 Å². The van der Waals surface area contributed by atoms with Gasteiger partial charge in [-0.2, -0.15) is 54.8 Å². The van der Waals surface area contributed by atoms with E-state index < -0.39 is 88.3 Å². The van der Waals surface area contributed by atoms with Gasteiger partial charge in [0.2, 0.25) is 0 Å². The standard InChI is InChI=1S/C30H33ClF3N5O2.2C30H35ClF3N5O2.ClH/c31-22-7-10-25(21-5-8-23(9-6-21)37-14-12-36(13-15-37)18-20-3-4-20)27(16-22)38-11-1-2-24(19-38)39-28(30(32,33)34)26(17-35-39)29(40)41;2*1-20(2)18-36-12-14-37(15-13-36)23-8-5-21(6-9-23)25-10-7-22(31)16-27(25)38-11-3-4-24(19-38)39-28(30(32,33)34)26(17-35-39)29(40)41;/h5-10,16-17,20,24H,1-4,11-15,18-19H2,(H,40,41);2*5-10,16-17,20,24H,3-4,11-15,18-19H2,1-2H3,(H,40,41);1H. The molecule has 3 unspecified atom stereocenters. The number of carboxylic acids is 3. The molecule has 7 aliphatic rings. The topological polar surface area (TPSA) is 195 Å². The van der Waals surface area contributed by atoms with Crippen LogP contribution in [0.5, 0.6) is 0 Å². The van der Waals surface area contributed by atoms with Gasteiger partial charge in [0.05, 0.1) is 36.7 Å². The van der Waals surface area contributed by atoms with E-state index in [2.05, 4.69) is 145 Å². The molecular formula is C90H104Cl4F9N15O6. The van der Waals surface area contributed by atoms with E-state index in [1.54, 1.807) is 0 Å². The summed E-state index contributed by atoms with van der Waals surface area (Å²) in [6.45, 7) is 27.3. The number of benzene rings is 6. The monoisotopic (exact) mass is 1800 g/mol. The first-order chi connectivity index (χ1) is 58.7. The average molecular weight is 1800 g/mol. The molecule has 9 aromatic rings. The zero-order valence-electron chi connectivity index (χ0n) is 69.5. The van der Waals surface area contributed by atoms with E-state index in [1.165, 1.54) is 36.4 Å². The van der Waals surface area contributed by atoms with Crippen LogP contribution >= 0.6 is 47.2 Å². The van der Waals surface area contributed by atoms with E-state index in [9.17, 15) is 69.2 Å². The van der Waals surface area contributed by atoms with Crippen molar-refractivity contribution in [1.82, 2.24) is 44.0 Å². The molecule has 0 amide bonds. The van der Waals surface area contributed by atoms with E-state index in [-0.39, 0.29) is 32.0 Å². The summed E-state index contributed by atoms with van der Waals surface area (Å²) in [6, 6.07) is 40.2. The van der Waals surface area contributed by atoms with Gasteiger partial charge in [0.25, 0.3) is 0 Å². The molecule has 3 atom stereocenters. The van der Waals surface area contributed by atoms with Crippen molar-refractivity contribution in [2.24, 2.45) is 17.8 Å². The lowest BCUT2D eigenvalue weighted by Crippen LogP contribution is -2.47. The number of hydrogen-bond acceptors (Lipinski definition) is 15. The van der Waals surface area contributed by atoms with Gasteiger partial charge < -0.3 is 44.7 Å². The van der Waals surface area contributed by atoms with Crippen LogP contribution in [0, 0.1) is 17.8 Å². The van der Waals surface area contributed by atoms with E-state index in [0.29, 0.717) is 85.1 Å². The number of piperazine rings is 3. The molecule has 3 N–H and O–H groups in total. The first-order valence-electron chi connectivity index (χ1n) is 42.2. The SMILES string of the molecule is CC(C)CN1CCN(c2ccc(-c3ccc(Cl)cc3N3CCCC(n4ncc(C(=O)O)c4C(F)(F)F)C3)cc2)CC1.CC(C)CN1CCN(c2ccc(-c3ccc(Cl)cc3N3CCCC(n4ncc(C(=O)O)c4C(F)(F)F)C3)cc2)CC1.Cl.O=C(O)c1cnn(C2CCCN(c3cc(Cl)ccc3-c3ccc(N4CCN(CC5CC5)CC4)cc3)C2)c1C(F)(F)F. The fourth-order valence-electron chi connectivity index (χ4n) is 18.2. The van der Waals surface area contributed by atoms with Crippen LogP contribution in [0.4, 0.5) is 73.6 Å². The van der Waals surface area contributed by atoms with Crippen molar-refractivity contribution < 1.29 is 69.2 Å². The number of halogens is 13. The van der Waals surface area contributed by atoms with Crippen molar-refractivity contribution in [3.63, 3.8) is 0 Å². The van der Waals surface area contributed by atoms with Gasteiger partial charge in [-0.15, -0.1) is 12.4 Å². The first-order valence-corrected chi connectivity index (χ1v) is 43.3. The summed E-state index contributed by atoms with van der Waals surface area (Å²) in [4.78, 5) is 55.3. The fraction of sp³-hybridized carbons (Fsp3) is 0.467. The van der Waals surface area contributed by atoms with Crippen molar-refractivity contribution in [1.29, 1.82) is 0 Å². The third-order valence-electron chi connectivity index (χ3n) is 24.2.